The van der Waals surface area contributed by atoms with Gasteiger partial charge in [0.15, 0.2) is 10.8 Å². The zero-order valence-corrected chi connectivity index (χ0v) is 22.2. The van der Waals surface area contributed by atoms with E-state index in [1.807, 2.05) is 13.1 Å². The van der Waals surface area contributed by atoms with Gasteiger partial charge >= 0.3 is 6.09 Å². The Morgan fingerprint density at radius 3 is 2.36 bits per heavy atom. The lowest BCUT2D eigenvalue weighted by Crippen LogP contribution is -2.55. The van der Waals surface area contributed by atoms with E-state index in [0.717, 1.165) is 5.06 Å². The summed E-state index contributed by atoms with van der Waals surface area (Å²) in [5.74, 6) is 0. The quantitative estimate of drug-likeness (QED) is 0.371. The number of nitrogens with zero attached hydrogens (tertiary/aromatic N) is 5. The van der Waals surface area contributed by atoms with E-state index in [9.17, 15) is 15.0 Å². The largest absolute Gasteiger partial charge is 0.442 e. The van der Waals surface area contributed by atoms with Gasteiger partial charge in [0.1, 0.15) is 29.7 Å². The van der Waals surface area contributed by atoms with E-state index in [1.165, 1.54) is 12.7 Å². The molecule has 1 saturated carbocycles. The minimum absolute atomic E-state index is 0.194. The first-order valence-corrected chi connectivity index (χ1v) is 14.2. The maximum Gasteiger partial charge on any atom is 0.433 e. The molecular formula is C21H34ClN5O5Si. The predicted molar refractivity (Wildman–Crippen MR) is 126 cm³/mol. The third-order valence-corrected chi connectivity index (χ3v) is 10.8. The highest BCUT2D eigenvalue weighted by molar-refractivity contribution is 6.74. The minimum Gasteiger partial charge on any atom is -0.442 e. The van der Waals surface area contributed by atoms with Gasteiger partial charge in [-0.1, -0.05) is 32.4 Å². The Hall–Kier alpha value is -1.79. The molecule has 3 rings (SSSR count). The summed E-state index contributed by atoms with van der Waals surface area (Å²) in [6.07, 6.45) is -0.170. The highest BCUT2D eigenvalue weighted by atomic mass is 35.5. The molecule has 0 unspecified atom stereocenters. The van der Waals surface area contributed by atoms with E-state index in [4.69, 9.17) is 20.9 Å². The zero-order valence-electron chi connectivity index (χ0n) is 20.4. The second-order valence-electron chi connectivity index (χ2n) is 11.0. The van der Waals surface area contributed by atoms with Gasteiger partial charge in [0.25, 0.3) is 0 Å². The normalized spacial score (nSPS) is 24.3. The standard InChI is InChI=1S/C21H34ClN5O5Si/c1-20(2,3)31-19(30)27(32-33(7,8)21(4,5)6)13-9-12(15(28)16(13)29)26-11-25-14-17(22)23-10-24-18(14)26/h10-13,15-16,28-29H,9H2,1-8H3/t12-,13+,15+,16-/m1/s1. The fourth-order valence-electron chi connectivity index (χ4n) is 3.49. The summed E-state index contributed by atoms with van der Waals surface area (Å²) in [5, 5.41) is 23.1. The number of halogens is 1. The molecular weight excluding hydrogens is 466 g/mol. The topological polar surface area (TPSA) is 123 Å². The third kappa shape index (κ3) is 5.17. The molecule has 0 bridgehead atoms. The van der Waals surface area contributed by atoms with Crippen LogP contribution in [-0.4, -0.2) is 73.1 Å². The molecule has 12 heteroatoms. The summed E-state index contributed by atoms with van der Waals surface area (Å²) in [6.45, 7) is 15.4. The van der Waals surface area contributed by atoms with Crippen LogP contribution in [0.25, 0.3) is 11.2 Å². The van der Waals surface area contributed by atoms with Crippen LogP contribution in [0.3, 0.4) is 0 Å². The van der Waals surface area contributed by atoms with E-state index in [2.05, 4.69) is 35.7 Å². The van der Waals surface area contributed by atoms with Crippen LogP contribution in [0.1, 0.15) is 54.0 Å². The van der Waals surface area contributed by atoms with E-state index in [0.29, 0.717) is 11.2 Å². The number of aliphatic hydroxyl groups excluding tert-OH is 2. The molecule has 4 atom stereocenters. The summed E-state index contributed by atoms with van der Waals surface area (Å²) in [4.78, 5) is 25.6. The van der Waals surface area contributed by atoms with Gasteiger partial charge in [-0.25, -0.2) is 19.7 Å². The van der Waals surface area contributed by atoms with E-state index in [1.54, 1.807) is 25.3 Å². The fraction of sp³-hybridized carbons (Fsp3) is 0.714. The molecule has 0 spiro atoms. The van der Waals surface area contributed by atoms with Gasteiger partial charge in [0, 0.05) is 0 Å². The number of rotatable bonds is 4. The molecule has 0 radical (unpaired) electrons. The van der Waals surface area contributed by atoms with Crippen LogP contribution in [0.4, 0.5) is 4.79 Å². The van der Waals surface area contributed by atoms with Crippen LogP contribution < -0.4 is 0 Å². The van der Waals surface area contributed by atoms with E-state index in [-0.39, 0.29) is 16.6 Å². The Morgan fingerprint density at radius 1 is 1.15 bits per heavy atom. The molecule has 2 heterocycles. The van der Waals surface area contributed by atoms with Gasteiger partial charge in [0.05, 0.1) is 18.4 Å². The lowest BCUT2D eigenvalue weighted by Gasteiger charge is -2.42. The summed E-state index contributed by atoms with van der Waals surface area (Å²) in [5.41, 5.74) is 0.0638. The molecule has 2 aromatic rings. The number of carbonyl (C=O) groups excluding carboxylic acids is 1. The Morgan fingerprint density at radius 2 is 1.79 bits per heavy atom. The minimum atomic E-state index is -2.49. The van der Waals surface area contributed by atoms with Crippen molar-refractivity contribution in [3.63, 3.8) is 0 Å². The molecule has 1 aliphatic rings. The van der Waals surface area contributed by atoms with Gasteiger partial charge in [0.2, 0.25) is 8.32 Å². The molecule has 1 aliphatic carbocycles. The average Bonchev–Trinajstić information content (AvgIpc) is 3.20. The second kappa shape index (κ2) is 8.77. The first-order valence-electron chi connectivity index (χ1n) is 10.9. The van der Waals surface area contributed by atoms with Gasteiger partial charge in [-0.3, -0.25) is 0 Å². The smallest absolute Gasteiger partial charge is 0.433 e. The highest BCUT2D eigenvalue weighted by Gasteiger charge is 2.51. The van der Waals surface area contributed by atoms with Crippen LogP contribution in [-0.2, 0) is 9.26 Å². The van der Waals surface area contributed by atoms with Crippen molar-refractivity contribution in [3.8, 4) is 0 Å². The molecule has 0 aromatic carbocycles. The maximum absolute atomic E-state index is 13.2. The van der Waals surface area contributed by atoms with Crippen molar-refractivity contribution in [3.05, 3.63) is 17.8 Å². The van der Waals surface area contributed by atoms with Gasteiger partial charge in [-0.15, -0.1) is 0 Å². The van der Waals surface area contributed by atoms with Crippen molar-refractivity contribution >= 4 is 37.2 Å². The van der Waals surface area contributed by atoms with Crippen molar-refractivity contribution in [2.24, 2.45) is 0 Å². The van der Waals surface area contributed by atoms with Gasteiger partial charge in [-0.05, 0) is 45.3 Å². The monoisotopic (exact) mass is 499 g/mol. The molecule has 10 nitrogen and oxygen atoms in total. The number of hydrogen-bond donors (Lipinski definition) is 2. The van der Waals surface area contributed by atoms with Crippen LogP contribution in [0.2, 0.25) is 23.3 Å². The Bertz CT molecular complexity index is 1020. The molecule has 2 aromatic heterocycles. The van der Waals surface area contributed by atoms with Crippen LogP contribution in [0.5, 0.6) is 0 Å². The van der Waals surface area contributed by atoms with Gasteiger partial charge < -0.3 is 24.0 Å². The molecule has 184 valence electrons. The number of hydrogen-bond acceptors (Lipinski definition) is 8. The number of hydroxylamine groups is 2. The first-order chi connectivity index (χ1) is 15.0. The summed E-state index contributed by atoms with van der Waals surface area (Å²) >= 11 is 6.12. The predicted octanol–water partition coefficient (Wildman–Crippen LogP) is 3.69. The Balaban J connectivity index is 1.97. The van der Waals surface area contributed by atoms with Gasteiger partial charge in [-0.2, -0.15) is 5.06 Å². The number of amides is 1. The number of ether oxygens (including phenoxy) is 1. The highest BCUT2D eigenvalue weighted by Crippen LogP contribution is 2.41. The Kier molecular flexibility index (Phi) is 6.86. The SMILES string of the molecule is CC(C)(C)OC(=O)N(O[Si](C)(C)C(C)(C)C)[C@H]1C[C@@H](n2cnc3c(Cl)ncnc32)[C@H](O)[C@@H]1O. The van der Waals surface area contributed by atoms with Crippen molar-refractivity contribution in [1.82, 2.24) is 24.6 Å². The summed E-state index contributed by atoms with van der Waals surface area (Å²) in [6, 6.07) is -1.46. The van der Waals surface area contributed by atoms with E-state index < -0.39 is 44.3 Å². The lowest BCUT2D eigenvalue weighted by atomic mass is 10.2. The molecule has 33 heavy (non-hydrogen) atoms. The lowest BCUT2D eigenvalue weighted by molar-refractivity contribution is -0.132. The van der Waals surface area contributed by atoms with Crippen LogP contribution in [0.15, 0.2) is 12.7 Å². The maximum atomic E-state index is 13.2. The number of aliphatic hydroxyl groups is 2. The summed E-state index contributed by atoms with van der Waals surface area (Å²) < 4.78 is 13.6. The number of imidazole rings is 1. The summed E-state index contributed by atoms with van der Waals surface area (Å²) in [7, 11) is -2.49. The Labute approximate surface area is 200 Å². The first kappa shape index (κ1) is 25.8. The third-order valence-electron chi connectivity index (χ3n) is 6.30. The molecule has 0 aliphatic heterocycles. The van der Waals surface area contributed by atoms with Crippen LogP contribution >= 0.6 is 11.6 Å². The van der Waals surface area contributed by atoms with Crippen molar-refractivity contribution in [1.29, 1.82) is 0 Å². The average molecular weight is 500 g/mol. The van der Waals surface area contributed by atoms with Crippen molar-refractivity contribution in [2.75, 3.05) is 0 Å². The van der Waals surface area contributed by atoms with Crippen molar-refractivity contribution < 1.29 is 24.3 Å². The molecule has 1 amide bonds. The zero-order chi connectivity index (χ0) is 24.9. The fourth-order valence-corrected chi connectivity index (χ4v) is 4.64. The second-order valence-corrected chi connectivity index (χ2v) is 16.1. The van der Waals surface area contributed by atoms with Crippen LogP contribution in [0, 0.1) is 0 Å². The molecule has 0 saturated heterocycles. The molecule has 1 fully saturated rings. The number of aromatic nitrogens is 4. The molecule has 2 N–H and O–H groups in total. The van der Waals surface area contributed by atoms with Crippen molar-refractivity contribution in [2.45, 2.75) is 96.0 Å². The number of fused-ring (bicyclic) bond motifs is 1. The van der Waals surface area contributed by atoms with E-state index >= 15 is 0 Å². The number of carbonyl (C=O) groups is 1.